The summed E-state index contributed by atoms with van der Waals surface area (Å²) in [7, 11) is 2.32. The van der Waals surface area contributed by atoms with Crippen LogP contribution in [0.4, 0.5) is 0 Å². The van der Waals surface area contributed by atoms with Crippen molar-refractivity contribution in [3.05, 3.63) is 48.6 Å². The zero-order valence-electron chi connectivity index (χ0n) is 25.9. The van der Waals surface area contributed by atoms with Gasteiger partial charge in [0.15, 0.2) is 0 Å². The van der Waals surface area contributed by atoms with Crippen molar-refractivity contribution in [1.29, 1.82) is 0 Å². The molecule has 37 heavy (non-hydrogen) atoms. The Balaban J connectivity index is 2.55. The molecule has 0 spiro atoms. The monoisotopic (exact) mass is 543 g/mol. The summed E-state index contributed by atoms with van der Waals surface area (Å²) < 4.78 is 0.0873. The van der Waals surface area contributed by atoms with Crippen molar-refractivity contribution < 1.29 is 0 Å². The number of unbranched alkanes of at least 4 members (excludes halogenated alkanes) is 1. The zero-order valence-corrected chi connectivity index (χ0v) is 27.7. The highest BCUT2D eigenvalue weighted by Crippen LogP contribution is 2.42. The molecule has 0 aliphatic heterocycles. The fourth-order valence-electron chi connectivity index (χ4n) is 4.88. The van der Waals surface area contributed by atoms with Crippen LogP contribution in [0.2, 0.25) is 0 Å². The van der Waals surface area contributed by atoms with Gasteiger partial charge in [0.1, 0.15) is 7.85 Å². The van der Waals surface area contributed by atoms with Crippen LogP contribution < -0.4 is 0 Å². The van der Waals surface area contributed by atoms with E-state index >= 15 is 0 Å². The molecule has 0 amide bonds. The third-order valence-electron chi connectivity index (χ3n) is 8.06. The van der Waals surface area contributed by atoms with Gasteiger partial charge in [0.05, 0.1) is 0 Å². The van der Waals surface area contributed by atoms with Crippen LogP contribution in [0.1, 0.15) is 101 Å². The fraction of sp³-hybridized carbons (Fsp3) is 0.727. The number of hydrogen-bond donors (Lipinski definition) is 1. The van der Waals surface area contributed by atoms with Gasteiger partial charge in [-0.2, -0.15) is 12.6 Å². The van der Waals surface area contributed by atoms with Gasteiger partial charge >= 0.3 is 0 Å². The van der Waals surface area contributed by atoms with E-state index in [0.717, 1.165) is 38.8 Å². The van der Waals surface area contributed by atoms with Crippen LogP contribution in [0.5, 0.6) is 0 Å². The Morgan fingerprint density at radius 1 is 1.16 bits per heavy atom. The molecule has 0 aromatic rings. The topological polar surface area (TPSA) is 3.24 Å². The molecule has 0 saturated carbocycles. The molecule has 1 rings (SSSR count). The largest absolute Gasteiger partial charge is 0.306 e. The Kier molecular flexibility index (Phi) is 14.2. The predicted molar refractivity (Wildman–Crippen MR) is 179 cm³/mol. The van der Waals surface area contributed by atoms with Gasteiger partial charge < -0.3 is 4.90 Å². The molecular formula is C33H58BNS2. The van der Waals surface area contributed by atoms with Gasteiger partial charge in [-0.05, 0) is 72.1 Å². The molecule has 0 heterocycles. The number of thiocarbonyl (C=S) groups is 1. The highest BCUT2D eigenvalue weighted by atomic mass is 32.1. The van der Waals surface area contributed by atoms with Gasteiger partial charge in [-0.15, -0.1) is 6.58 Å². The number of allylic oxidation sites excluding steroid dienone is 7. The molecule has 1 aliphatic rings. The van der Waals surface area contributed by atoms with Crippen LogP contribution in [0.3, 0.4) is 0 Å². The quantitative estimate of drug-likeness (QED) is 0.0750. The average molecular weight is 544 g/mol. The lowest BCUT2D eigenvalue weighted by molar-refractivity contribution is 0.191. The van der Waals surface area contributed by atoms with E-state index in [-0.39, 0.29) is 15.6 Å². The molecule has 0 N–H and O–H groups in total. The van der Waals surface area contributed by atoms with Crippen LogP contribution in [0.25, 0.3) is 0 Å². The van der Waals surface area contributed by atoms with Crippen LogP contribution in [0.15, 0.2) is 48.6 Å². The van der Waals surface area contributed by atoms with Crippen molar-refractivity contribution in [1.82, 2.24) is 4.90 Å². The third kappa shape index (κ3) is 13.4. The van der Waals surface area contributed by atoms with Gasteiger partial charge in [-0.25, -0.2) is 0 Å². The van der Waals surface area contributed by atoms with Crippen LogP contribution >= 0.6 is 24.8 Å². The molecule has 4 heteroatoms. The first-order valence-electron chi connectivity index (χ1n) is 14.7. The summed E-state index contributed by atoms with van der Waals surface area (Å²) in [6.07, 6.45) is 20.8. The van der Waals surface area contributed by atoms with Gasteiger partial charge in [-0.3, -0.25) is 0 Å². The van der Waals surface area contributed by atoms with E-state index in [9.17, 15) is 0 Å². The first kappa shape index (κ1) is 34.5. The maximum atomic E-state index is 5.96. The molecule has 4 atom stereocenters. The summed E-state index contributed by atoms with van der Waals surface area (Å²) >= 11 is 10.6. The second kappa shape index (κ2) is 15.3. The number of nitrogens with zero attached hydrogens (tertiary/aromatic N) is 1. The molecule has 4 unspecified atom stereocenters. The Morgan fingerprint density at radius 3 is 2.35 bits per heavy atom. The van der Waals surface area contributed by atoms with Gasteiger partial charge in [0, 0.05) is 17.2 Å². The van der Waals surface area contributed by atoms with Crippen molar-refractivity contribution in [3.63, 3.8) is 0 Å². The fourth-order valence-corrected chi connectivity index (χ4v) is 5.46. The smallest absolute Gasteiger partial charge is 0.127 e. The molecule has 0 bridgehead atoms. The Morgan fingerprint density at radius 2 is 1.81 bits per heavy atom. The van der Waals surface area contributed by atoms with Crippen LogP contribution in [-0.2, 0) is 0 Å². The minimum absolute atomic E-state index is 0.0352. The Bertz CT molecular complexity index is 809. The van der Waals surface area contributed by atoms with E-state index in [1.165, 1.54) is 17.7 Å². The highest BCUT2D eigenvalue weighted by Gasteiger charge is 2.32. The number of thiol groups is 1. The summed E-state index contributed by atoms with van der Waals surface area (Å²) in [5.41, 5.74) is 1.80. The molecule has 0 fully saturated rings. The second-order valence-corrected chi connectivity index (χ2v) is 15.4. The van der Waals surface area contributed by atoms with E-state index < -0.39 is 0 Å². The molecule has 0 radical (unpaired) electrons. The molecule has 0 aromatic heterocycles. The van der Waals surface area contributed by atoms with Crippen LogP contribution in [0, 0.1) is 29.1 Å². The average Bonchev–Trinajstić information content (AvgIpc) is 3.54. The standard InChI is InChI=1S/C33H58BNS2/c1-11-13-21-35(33(9,10)34)22-19-30(36)26(4)31(5,6)20-18-27(12-2)17-15-14-16-25(3)29-23-28(29)24-32(7,8)37/h12,14,16,18,20,23,25-27,29,37H,2,11,13,15,17,19,21-22,24,34H2,1,3-10H3/b16-14+,20-18+. The lowest BCUT2D eigenvalue weighted by Gasteiger charge is -2.37. The van der Waals surface area contributed by atoms with Gasteiger partial charge in [-0.1, -0.05) is 123 Å². The van der Waals surface area contributed by atoms with Crippen molar-refractivity contribution in [2.45, 2.75) is 111 Å². The van der Waals surface area contributed by atoms with Gasteiger partial charge in [0.2, 0.25) is 0 Å². The second-order valence-electron chi connectivity index (χ2n) is 13.7. The Labute approximate surface area is 243 Å². The maximum absolute atomic E-state index is 5.96. The van der Waals surface area contributed by atoms with Crippen molar-refractivity contribution in [3.8, 4) is 0 Å². The highest BCUT2D eigenvalue weighted by molar-refractivity contribution is 7.81. The molecule has 0 saturated heterocycles. The first-order valence-corrected chi connectivity index (χ1v) is 15.6. The minimum Gasteiger partial charge on any atom is -0.306 e. The van der Waals surface area contributed by atoms with E-state index in [1.807, 2.05) is 0 Å². The normalized spacial score (nSPS) is 19.3. The van der Waals surface area contributed by atoms with Crippen molar-refractivity contribution in [2.24, 2.45) is 29.1 Å². The van der Waals surface area contributed by atoms with E-state index in [1.54, 1.807) is 5.57 Å². The molecular weight excluding hydrogens is 485 g/mol. The lowest BCUT2D eigenvalue weighted by Crippen LogP contribution is -2.46. The summed E-state index contributed by atoms with van der Waals surface area (Å²) in [6.45, 7) is 26.9. The minimum atomic E-state index is 0.0352. The lowest BCUT2D eigenvalue weighted by atomic mass is 9.76. The van der Waals surface area contributed by atoms with Crippen molar-refractivity contribution >= 4 is 37.6 Å². The van der Waals surface area contributed by atoms with E-state index in [0.29, 0.717) is 23.7 Å². The molecule has 210 valence electrons. The van der Waals surface area contributed by atoms with E-state index in [2.05, 4.69) is 131 Å². The van der Waals surface area contributed by atoms with Gasteiger partial charge in [0.25, 0.3) is 0 Å². The summed E-state index contributed by atoms with van der Waals surface area (Å²) in [5.74, 6) is 1.98. The summed E-state index contributed by atoms with van der Waals surface area (Å²) in [5, 5.41) is 0. The SMILES string of the molecule is BC(C)(C)N(CCCC)CCC(=S)C(C)C(C)(C)/C=C/C(C=C)CC/C=C/C(C)C1C=C1CC(C)(C)S. The first-order chi connectivity index (χ1) is 17.0. The van der Waals surface area contributed by atoms with E-state index in [4.69, 9.17) is 12.2 Å². The Hall–Kier alpha value is -0.575. The van der Waals surface area contributed by atoms with Crippen molar-refractivity contribution in [2.75, 3.05) is 13.1 Å². The predicted octanol–water partition coefficient (Wildman–Crippen LogP) is 8.87. The third-order valence-corrected chi connectivity index (χ3v) is 8.77. The summed E-state index contributed by atoms with van der Waals surface area (Å²) in [4.78, 5) is 3.80. The summed E-state index contributed by atoms with van der Waals surface area (Å²) in [6, 6.07) is 0. The molecule has 0 aromatic carbocycles. The zero-order chi connectivity index (χ0) is 28.4. The number of rotatable bonds is 19. The maximum Gasteiger partial charge on any atom is 0.127 e. The molecule has 1 nitrogen and oxygen atoms in total. The van der Waals surface area contributed by atoms with Crippen LogP contribution in [-0.4, -0.2) is 40.9 Å². The number of hydrogen-bond acceptors (Lipinski definition) is 3. The molecule has 1 aliphatic carbocycles.